The summed E-state index contributed by atoms with van der Waals surface area (Å²) in [6, 6.07) is 8.28. The lowest BCUT2D eigenvalue weighted by molar-refractivity contribution is -0.122. The molecule has 4 heterocycles. The minimum absolute atomic E-state index is 0.00117. The smallest absolute Gasteiger partial charge is 0.276 e. The van der Waals surface area contributed by atoms with Crippen molar-refractivity contribution in [1.29, 1.82) is 0 Å². The second-order valence-corrected chi connectivity index (χ2v) is 10.9. The molecule has 0 saturated carbocycles. The fourth-order valence-electron chi connectivity index (χ4n) is 4.39. The van der Waals surface area contributed by atoms with Crippen LogP contribution in [-0.4, -0.2) is 73.5 Å². The third-order valence-electron chi connectivity index (χ3n) is 6.57. The lowest BCUT2D eigenvalue weighted by Gasteiger charge is -2.25. The average molecular weight is 592 g/mol. The molecule has 0 spiro atoms. The molecule has 3 aromatic heterocycles. The molecule has 1 aliphatic heterocycles. The Morgan fingerprint density at radius 1 is 1.10 bits per heavy atom. The zero-order valence-corrected chi connectivity index (χ0v) is 23.7. The number of oxazole rings is 1. The third kappa shape index (κ3) is 6.68. The van der Waals surface area contributed by atoms with E-state index in [1.54, 1.807) is 5.38 Å². The van der Waals surface area contributed by atoms with Crippen LogP contribution >= 0.6 is 11.3 Å². The Bertz CT molecular complexity index is 1550. The second kappa shape index (κ2) is 12.7. The van der Waals surface area contributed by atoms with Gasteiger partial charge in [0, 0.05) is 24.9 Å². The van der Waals surface area contributed by atoms with E-state index < -0.39 is 35.7 Å². The monoisotopic (exact) mass is 591 g/mol. The number of H-pyrrole nitrogens is 1. The van der Waals surface area contributed by atoms with Crippen molar-refractivity contribution < 1.29 is 23.6 Å². The molecule has 14 nitrogen and oxygen atoms in total. The van der Waals surface area contributed by atoms with E-state index in [0.29, 0.717) is 11.4 Å². The van der Waals surface area contributed by atoms with E-state index in [0.717, 1.165) is 5.56 Å². The Hall–Kier alpha value is -4.92. The van der Waals surface area contributed by atoms with Crippen molar-refractivity contribution in [3.05, 3.63) is 81.7 Å². The molecule has 4 N–H and O–H groups in total. The highest BCUT2D eigenvalue weighted by Crippen LogP contribution is 2.26. The molecule has 0 radical (unpaired) electrons. The van der Waals surface area contributed by atoms with Crippen LogP contribution in [0.3, 0.4) is 0 Å². The van der Waals surface area contributed by atoms with Gasteiger partial charge in [-0.1, -0.05) is 44.2 Å². The van der Waals surface area contributed by atoms with Crippen molar-refractivity contribution in [2.75, 3.05) is 19.6 Å². The summed E-state index contributed by atoms with van der Waals surface area (Å²) in [6.07, 6.45) is 2.82. The van der Waals surface area contributed by atoms with Crippen LogP contribution in [0.1, 0.15) is 73.9 Å². The van der Waals surface area contributed by atoms with Crippen LogP contribution in [0.5, 0.6) is 0 Å². The predicted molar refractivity (Wildman–Crippen MR) is 149 cm³/mol. The predicted octanol–water partition coefficient (Wildman–Crippen LogP) is 1.66. The maximum absolute atomic E-state index is 13.3. The minimum atomic E-state index is -0.693. The largest absolute Gasteiger partial charge is 0.446 e. The van der Waals surface area contributed by atoms with Crippen LogP contribution in [-0.2, 0) is 11.2 Å². The summed E-state index contributed by atoms with van der Waals surface area (Å²) in [6.45, 7) is 3.56. The molecular weight excluding hydrogens is 562 g/mol. The zero-order valence-electron chi connectivity index (χ0n) is 22.9. The molecule has 218 valence electrons. The quantitative estimate of drug-likeness (QED) is 0.274. The number of amides is 4. The first-order chi connectivity index (χ1) is 20.3. The van der Waals surface area contributed by atoms with Gasteiger partial charge in [-0.3, -0.25) is 19.2 Å². The lowest BCUT2D eigenvalue weighted by Crippen LogP contribution is -2.45. The fraction of sp³-hybridized carbons (Fsp3) is 0.333. The highest BCUT2D eigenvalue weighted by Gasteiger charge is 2.28. The number of hydrogen-bond donors (Lipinski definition) is 4. The number of benzene rings is 1. The molecule has 2 atom stereocenters. The highest BCUT2D eigenvalue weighted by atomic mass is 32.1. The van der Waals surface area contributed by atoms with Crippen molar-refractivity contribution in [2.45, 2.75) is 32.4 Å². The number of aromatic amines is 1. The number of nitrogens with zero attached hydrogens (tertiary/aromatic N) is 5. The van der Waals surface area contributed by atoms with Gasteiger partial charge in [-0.15, -0.1) is 11.3 Å². The first kappa shape index (κ1) is 28.6. The van der Waals surface area contributed by atoms with Crippen LogP contribution in [0, 0.1) is 5.92 Å². The number of carbonyl (C=O) groups is 4. The molecule has 1 aliphatic rings. The summed E-state index contributed by atoms with van der Waals surface area (Å²) in [5, 5.41) is 20.6. The van der Waals surface area contributed by atoms with Crippen molar-refractivity contribution in [3.63, 3.8) is 0 Å². The molecule has 0 aliphatic carbocycles. The van der Waals surface area contributed by atoms with Gasteiger partial charge in [0.1, 0.15) is 23.0 Å². The summed E-state index contributed by atoms with van der Waals surface area (Å²) in [5.74, 6) is -1.89. The van der Waals surface area contributed by atoms with Gasteiger partial charge in [0.05, 0.1) is 18.8 Å². The van der Waals surface area contributed by atoms with Gasteiger partial charge < -0.3 is 25.3 Å². The number of carbonyl (C=O) groups excluding carboxylic acids is 4. The zero-order chi connectivity index (χ0) is 29.6. The Morgan fingerprint density at radius 3 is 2.64 bits per heavy atom. The first-order valence-corrected chi connectivity index (χ1v) is 14.1. The molecule has 42 heavy (non-hydrogen) atoms. The van der Waals surface area contributed by atoms with Crippen LogP contribution in [0.15, 0.2) is 52.6 Å². The number of aromatic nitrogens is 5. The second-order valence-electron chi connectivity index (χ2n) is 9.98. The van der Waals surface area contributed by atoms with E-state index >= 15 is 0 Å². The Morgan fingerprint density at radius 2 is 1.90 bits per heavy atom. The molecule has 4 aromatic rings. The van der Waals surface area contributed by atoms with Crippen molar-refractivity contribution >= 4 is 35.0 Å². The van der Waals surface area contributed by atoms with Crippen LogP contribution in [0.25, 0.3) is 0 Å². The van der Waals surface area contributed by atoms with Crippen LogP contribution in [0.4, 0.5) is 0 Å². The maximum atomic E-state index is 13.3. The Labute approximate surface area is 244 Å². The number of hydrogen-bond acceptors (Lipinski definition) is 10. The summed E-state index contributed by atoms with van der Waals surface area (Å²) >= 11 is 1.25. The lowest BCUT2D eigenvalue weighted by atomic mass is 10.0. The molecule has 4 amide bonds. The topological polar surface area (TPSA) is 188 Å². The maximum Gasteiger partial charge on any atom is 0.276 e. The van der Waals surface area contributed by atoms with Crippen molar-refractivity contribution in [3.8, 4) is 0 Å². The fourth-order valence-corrected chi connectivity index (χ4v) is 5.41. The molecule has 4 bridgehead atoms. The standard InChI is InChI=1S/C27H29N9O5S/c1-15(2)22-26-32-20(14-42-26)24(39)30-17(10-16-6-4-3-5-7-16)25-31-19(13-41-25)23(38)28-8-9-36(12-21(37)33-22)27(40)18-11-29-35-34-18/h3-7,11,13-15,17,22H,8-10,12H2,1-2H3,(H,28,38)(H,30,39)(H,33,37)(H,29,34,35)/t17-,22-/m0/s1. The summed E-state index contributed by atoms with van der Waals surface area (Å²) in [4.78, 5) is 62.6. The van der Waals surface area contributed by atoms with E-state index in [1.165, 1.54) is 28.7 Å². The summed E-state index contributed by atoms with van der Waals surface area (Å²) in [7, 11) is 0. The van der Waals surface area contributed by atoms with E-state index in [2.05, 4.69) is 41.3 Å². The number of nitrogens with one attached hydrogen (secondary N) is 4. The van der Waals surface area contributed by atoms with Gasteiger partial charge in [-0.05, 0) is 11.5 Å². The molecule has 0 saturated heterocycles. The van der Waals surface area contributed by atoms with Crippen LogP contribution < -0.4 is 16.0 Å². The minimum Gasteiger partial charge on any atom is -0.446 e. The molecule has 0 fully saturated rings. The summed E-state index contributed by atoms with van der Waals surface area (Å²) in [5.41, 5.74) is 1.12. The van der Waals surface area contributed by atoms with Crippen LogP contribution in [0.2, 0.25) is 0 Å². The van der Waals surface area contributed by atoms with Gasteiger partial charge in [0.2, 0.25) is 11.8 Å². The Kier molecular flexibility index (Phi) is 8.66. The van der Waals surface area contributed by atoms with E-state index in [9.17, 15) is 19.2 Å². The number of rotatable bonds is 4. The Balaban J connectivity index is 1.47. The van der Waals surface area contributed by atoms with Gasteiger partial charge in [0.15, 0.2) is 11.4 Å². The van der Waals surface area contributed by atoms with Gasteiger partial charge in [-0.25, -0.2) is 9.97 Å². The molecule has 1 aromatic carbocycles. The number of thiazole rings is 1. The van der Waals surface area contributed by atoms with E-state index in [-0.39, 0.29) is 48.5 Å². The van der Waals surface area contributed by atoms with E-state index in [4.69, 9.17) is 4.42 Å². The normalized spacial score (nSPS) is 18.5. The van der Waals surface area contributed by atoms with Gasteiger partial charge in [-0.2, -0.15) is 15.4 Å². The van der Waals surface area contributed by atoms with Crippen molar-refractivity contribution in [2.24, 2.45) is 5.92 Å². The third-order valence-corrected chi connectivity index (χ3v) is 7.50. The SMILES string of the molecule is CC(C)[C@@H]1NC(=O)CN(C(=O)c2cn[nH]n2)CCNC(=O)c2coc(n2)[C@H](Cc2ccccc2)NC(=O)c2csc1n2. The molecular formula is C27H29N9O5S. The van der Waals surface area contributed by atoms with Gasteiger partial charge in [0.25, 0.3) is 17.7 Å². The number of fused-ring (bicyclic) bond motifs is 4. The van der Waals surface area contributed by atoms with E-state index in [1.807, 2.05) is 44.2 Å². The molecule has 15 heteroatoms. The first-order valence-electron chi connectivity index (χ1n) is 13.3. The van der Waals surface area contributed by atoms with Crippen molar-refractivity contribution in [1.82, 2.24) is 46.2 Å². The molecule has 5 rings (SSSR count). The average Bonchev–Trinajstić information content (AvgIpc) is 3.77. The van der Waals surface area contributed by atoms with Gasteiger partial charge >= 0.3 is 0 Å². The highest BCUT2D eigenvalue weighted by molar-refractivity contribution is 7.09. The summed E-state index contributed by atoms with van der Waals surface area (Å²) < 4.78 is 5.65. The molecule has 0 unspecified atom stereocenters.